The maximum Gasteiger partial charge on any atom is 0.407 e. The number of nitro groups is 1. The summed E-state index contributed by atoms with van der Waals surface area (Å²) in [4.78, 5) is 33.6. The van der Waals surface area contributed by atoms with Gasteiger partial charge in [0.05, 0.1) is 16.9 Å². The van der Waals surface area contributed by atoms with Crippen LogP contribution in [0.1, 0.15) is 24.8 Å². The lowest BCUT2D eigenvalue weighted by Gasteiger charge is -2.16. The summed E-state index contributed by atoms with van der Waals surface area (Å²) in [5, 5.41) is 13.3. The molecule has 0 aliphatic carbocycles. The first kappa shape index (κ1) is 25.7. The highest BCUT2D eigenvalue weighted by Crippen LogP contribution is 2.17. The van der Waals surface area contributed by atoms with Gasteiger partial charge in [0.15, 0.2) is 0 Å². The van der Waals surface area contributed by atoms with Crippen LogP contribution in [0, 0.1) is 10.1 Å². The monoisotopic (exact) mass is 479 g/mol. The van der Waals surface area contributed by atoms with Gasteiger partial charge >= 0.3 is 12.1 Å². The van der Waals surface area contributed by atoms with E-state index < -0.39 is 33.1 Å². The number of amides is 1. The number of rotatable bonds is 12. The molecule has 2 N–H and O–H groups in total. The molecule has 0 aliphatic heterocycles. The first-order chi connectivity index (χ1) is 15.7. The number of ether oxygens (including phenoxy) is 2. The molecule has 2 aromatic rings. The number of sulfonamides is 1. The predicted molar refractivity (Wildman–Crippen MR) is 118 cm³/mol. The molecule has 1 atom stereocenters. The molecular formula is C21H25N3O8S. The Kier molecular flexibility index (Phi) is 9.76. The second-order valence-corrected chi connectivity index (χ2v) is 8.65. The van der Waals surface area contributed by atoms with Gasteiger partial charge in [0.25, 0.3) is 5.69 Å². The minimum absolute atomic E-state index is 0.125. The van der Waals surface area contributed by atoms with Crippen molar-refractivity contribution < 1.29 is 32.4 Å². The first-order valence-electron chi connectivity index (χ1n) is 10.0. The Bertz CT molecular complexity index is 1040. The molecule has 0 radical (unpaired) electrons. The van der Waals surface area contributed by atoms with E-state index in [1.54, 1.807) is 0 Å². The van der Waals surface area contributed by atoms with Gasteiger partial charge < -0.3 is 14.8 Å². The summed E-state index contributed by atoms with van der Waals surface area (Å²) in [6.07, 6.45) is 0.413. The maximum absolute atomic E-state index is 12.5. The van der Waals surface area contributed by atoms with Crippen LogP contribution in [0.5, 0.6) is 0 Å². The van der Waals surface area contributed by atoms with Crippen molar-refractivity contribution in [2.75, 3.05) is 13.7 Å². The van der Waals surface area contributed by atoms with Gasteiger partial charge in [0.1, 0.15) is 12.6 Å². The average Bonchev–Trinajstić information content (AvgIpc) is 2.81. The van der Waals surface area contributed by atoms with Crippen molar-refractivity contribution in [2.45, 2.75) is 36.8 Å². The maximum atomic E-state index is 12.5. The molecule has 11 nitrogen and oxygen atoms in total. The number of methoxy groups -OCH3 is 1. The number of nitrogens with one attached hydrogen (secondary N) is 2. The molecule has 0 unspecified atom stereocenters. The summed E-state index contributed by atoms with van der Waals surface area (Å²) < 4.78 is 37.1. The van der Waals surface area contributed by atoms with E-state index in [9.17, 15) is 28.1 Å². The number of carbonyl (C=O) groups excluding carboxylic acids is 2. The highest BCUT2D eigenvalue weighted by atomic mass is 32.2. The fourth-order valence-electron chi connectivity index (χ4n) is 2.81. The van der Waals surface area contributed by atoms with Crippen LogP contribution < -0.4 is 10.0 Å². The molecule has 0 heterocycles. The van der Waals surface area contributed by atoms with Gasteiger partial charge in [0, 0.05) is 18.7 Å². The Labute approximate surface area is 191 Å². The number of hydrogen-bond donors (Lipinski definition) is 2. The zero-order chi connectivity index (χ0) is 24.3. The topological polar surface area (TPSA) is 154 Å². The Morgan fingerprint density at radius 2 is 1.73 bits per heavy atom. The minimum Gasteiger partial charge on any atom is -0.468 e. The fraction of sp³-hybridized carbons (Fsp3) is 0.333. The van der Waals surface area contributed by atoms with Crippen LogP contribution in [-0.2, 0) is 30.9 Å². The Morgan fingerprint density at radius 3 is 2.33 bits per heavy atom. The van der Waals surface area contributed by atoms with Gasteiger partial charge in [-0.25, -0.2) is 13.2 Å². The summed E-state index contributed by atoms with van der Waals surface area (Å²) in [6, 6.07) is 12.3. The van der Waals surface area contributed by atoms with E-state index in [2.05, 4.69) is 14.8 Å². The fourth-order valence-corrected chi connectivity index (χ4v) is 4.03. The summed E-state index contributed by atoms with van der Waals surface area (Å²) in [5.41, 5.74) is 0.599. The van der Waals surface area contributed by atoms with Crippen LogP contribution in [0.25, 0.3) is 0 Å². The molecule has 1 amide bonds. The number of alkyl carbamates (subject to hydrolysis) is 1. The van der Waals surface area contributed by atoms with Crippen LogP contribution in [0.3, 0.4) is 0 Å². The normalized spacial score (nSPS) is 11.9. The third-order valence-electron chi connectivity index (χ3n) is 4.54. The number of carbonyl (C=O) groups is 2. The highest BCUT2D eigenvalue weighted by Gasteiger charge is 2.26. The lowest BCUT2D eigenvalue weighted by Crippen LogP contribution is -2.41. The zero-order valence-electron chi connectivity index (χ0n) is 17.9. The van der Waals surface area contributed by atoms with Crippen molar-refractivity contribution in [3.05, 3.63) is 70.3 Å². The number of non-ortho nitro benzene ring substituents is 1. The van der Waals surface area contributed by atoms with Crippen LogP contribution in [0.2, 0.25) is 0 Å². The molecule has 0 saturated carbocycles. The van der Waals surface area contributed by atoms with Crippen molar-refractivity contribution >= 4 is 27.8 Å². The highest BCUT2D eigenvalue weighted by molar-refractivity contribution is 7.89. The second-order valence-electron chi connectivity index (χ2n) is 6.93. The van der Waals surface area contributed by atoms with E-state index in [0.29, 0.717) is 12.8 Å². The molecule has 2 aromatic carbocycles. The molecular weight excluding hydrogens is 454 g/mol. The van der Waals surface area contributed by atoms with Crippen molar-refractivity contribution in [2.24, 2.45) is 0 Å². The average molecular weight is 480 g/mol. The molecule has 0 aromatic heterocycles. The number of benzene rings is 2. The van der Waals surface area contributed by atoms with Gasteiger partial charge in [-0.2, -0.15) is 4.72 Å². The van der Waals surface area contributed by atoms with E-state index in [-0.39, 0.29) is 30.2 Å². The van der Waals surface area contributed by atoms with E-state index >= 15 is 0 Å². The molecule has 12 heteroatoms. The van der Waals surface area contributed by atoms with Crippen molar-refractivity contribution in [1.29, 1.82) is 0 Å². The molecule has 178 valence electrons. The molecule has 0 spiro atoms. The van der Waals surface area contributed by atoms with E-state index in [1.807, 2.05) is 30.3 Å². The van der Waals surface area contributed by atoms with Crippen LogP contribution in [0.15, 0.2) is 59.5 Å². The lowest BCUT2D eigenvalue weighted by atomic mass is 10.1. The molecule has 0 fully saturated rings. The first-order valence-corrected chi connectivity index (χ1v) is 11.5. The smallest absolute Gasteiger partial charge is 0.407 e. The largest absolute Gasteiger partial charge is 0.468 e. The zero-order valence-corrected chi connectivity index (χ0v) is 18.7. The molecule has 2 rings (SSSR count). The third kappa shape index (κ3) is 8.50. The van der Waals surface area contributed by atoms with Crippen molar-refractivity contribution in [1.82, 2.24) is 10.0 Å². The Morgan fingerprint density at radius 1 is 1.06 bits per heavy atom. The number of nitrogens with zero attached hydrogens (tertiary/aromatic N) is 1. The quantitative estimate of drug-likeness (QED) is 0.204. The van der Waals surface area contributed by atoms with Crippen LogP contribution in [-0.4, -0.2) is 45.1 Å². The van der Waals surface area contributed by atoms with E-state index in [1.165, 1.54) is 0 Å². The Balaban J connectivity index is 1.81. The standard InChI is InChI=1S/C21H25N3O8S/c1-31-20(25)19(23-33(29,30)18-12-10-17(11-13-18)24(27)28)9-5-6-14-22-21(26)32-15-16-7-3-2-4-8-16/h2-4,7-8,10-13,19,23H,5-6,9,14-15H2,1H3,(H,22,26)/t19-/m0/s1. The number of nitro benzene ring substituents is 1. The number of hydrogen-bond acceptors (Lipinski definition) is 8. The molecule has 33 heavy (non-hydrogen) atoms. The van der Waals surface area contributed by atoms with Gasteiger partial charge in [0.2, 0.25) is 10.0 Å². The van der Waals surface area contributed by atoms with Gasteiger partial charge in [-0.1, -0.05) is 30.3 Å². The summed E-state index contributed by atoms with van der Waals surface area (Å²) in [7, 11) is -2.97. The van der Waals surface area contributed by atoms with E-state index in [0.717, 1.165) is 36.9 Å². The van der Waals surface area contributed by atoms with Crippen molar-refractivity contribution in [3.8, 4) is 0 Å². The summed E-state index contributed by atoms with van der Waals surface area (Å²) >= 11 is 0. The third-order valence-corrected chi connectivity index (χ3v) is 6.03. The second kappa shape index (κ2) is 12.5. The SMILES string of the molecule is COC(=O)[C@H](CCCCNC(=O)OCc1ccccc1)NS(=O)(=O)c1ccc([N+](=O)[O-])cc1. The predicted octanol–water partition coefficient (Wildman–Crippen LogP) is 2.51. The minimum atomic E-state index is -4.11. The lowest BCUT2D eigenvalue weighted by molar-refractivity contribution is -0.384. The summed E-state index contributed by atoms with van der Waals surface area (Å²) in [5.74, 6) is -0.768. The number of unbranched alkanes of at least 4 members (excludes halogenated alkanes) is 1. The van der Waals surface area contributed by atoms with Crippen LogP contribution >= 0.6 is 0 Å². The molecule has 0 bridgehead atoms. The van der Waals surface area contributed by atoms with Gasteiger partial charge in [-0.05, 0) is 37.0 Å². The van der Waals surface area contributed by atoms with E-state index in [4.69, 9.17) is 4.74 Å². The van der Waals surface area contributed by atoms with Crippen molar-refractivity contribution in [3.63, 3.8) is 0 Å². The Hall–Kier alpha value is -3.51. The molecule has 0 saturated heterocycles. The van der Waals surface area contributed by atoms with Gasteiger partial charge in [-0.3, -0.25) is 14.9 Å². The summed E-state index contributed by atoms with van der Waals surface area (Å²) in [6.45, 7) is 0.415. The molecule has 0 aliphatic rings. The number of esters is 1. The van der Waals surface area contributed by atoms with Crippen LogP contribution in [0.4, 0.5) is 10.5 Å². The van der Waals surface area contributed by atoms with Gasteiger partial charge in [-0.15, -0.1) is 0 Å².